The first kappa shape index (κ1) is 17.3. The fourth-order valence-electron chi connectivity index (χ4n) is 3.15. The lowest BCUT2D eigenvalue weighted by Gasteiger charge is -2.14. The number of hydrogen-bond donors (Lipinski definition) is 1. The van der Waals surface area contributed by atoms with E-state index in [0.717, 1.165) is 10.8 Å². The number of anilines is 1. The van der Waals surface area contributed by atoms with Gasteiger partial charge in [0.1, 0.15) is 5.75 Å². The molecular weight excluding hydrogens is 360 g/mol. The van der Waals surface area contributed by atoms with E-state index in [1.54, 1.807) is 36.5 Å². The van der Waals surface area contributed by atoms with Crippen LogP contribution in [0.25, 0.3) is 21.7 Å². The van der Waals surface area contributed by atoms with Crippen molar-refractivity contribution in [3.05, 3.63) is 72.9 Å². The van der Waals surface area contributed by atoms with Gasteiger partial charge in [0, 0.05) is 22.4 Å². The van der Waals surface area contributed by atoms with Crippen molar-refractivity contribution < 1.29 is 13.2 Å². The zero-order valence-electron chi connectivity index (χ0n) is 14.7. The van der Waals surface area contributed by atoms with E-state index in [9.17, 15) is 8.42 Å². The molecule has 6 heteroatoms. The number of benzene rings is 3. The summed E-state index contributed by atoms with van der Waals surface area (Å²) in [5.41, 5.74) is 1.06. The van der Waals surface area contributed by atoms with Crippen molar-refractivity contribution in [2.75, 3.05) is 11.3 Å². The highest BCUT2D eigenvalue weighted by atomic mass is 32.2. The number of hydrogen-bond acceptors (Lipinski definition) is 4. The van der Waals surface area contributed by atoms with Crippen LogP contribution in [0.4, 0.5) is 5.69 Å². The number of sulfonamides is 1. The fraction of sp³-hybridized carbons (Fsp3) is 0.0952. The lowest BCUT2D eigenvalue weighted by Crippen LogP contribution is -2.14. The topological polar surface area (TPSA) is 68.3 Å². The van der Waals surface area contributed by atoms with E-state index in [2.05, 4.69) is 9.71 Å². The third-order valence-corrected chi connectivity index (χ3v) is 5.73. The van der Waals surface area contributed by atoms with Crippen LogP contribution >= 0.6 is 0 Å². The Morgan fingerprint density at radius 2 is 1.70 bits per heavy atom. The van der Waals surface area contributed by atoms with Gasteiger partial charge in [-0.05, 0) is 31.2 Å². The summed E-state index contributed by atoms with van der Waals surface area (Å²) in [5.74, 6) is 0.666. The Morgan fingerprint density at radius 3 is 2.52 bits per heavy atom. The smallest absolute Gasteiger partial charge is 0.262 e. The molecule has 0 amide bonds. The van der Waals surface area contributed by atoms with Gasteiger partial charge < -0.3 is 4.74 Å². The highest BCUT2D eigenvalue weighted by Crippen LogP contribution is 2.32. The number of nitrogens with zero attached hydrogens (tertiary/aromatic N) is 1. The summed E-state index contributed by atoms with van der Waals surface area (Å²) in [6, 6.07) is 19.7. The summed E-state index contributed by atoms with van der Waals surface area (Å²) in [6.45, 7) is 2.41. The van der Waals surface area contributed by atoms with Gasteiger partial charge in [-0.25, -0.2) is 8.42 Å². The quantitative estimate of drug-likeness (QED) is 0.552. The van der Waals surface area contributed by atoms with Crippen LogP contribution < -0.4 is 9.46 Å². The molecule has 0 radical (unpaired) electrons. The van der Waals surface area contributed by atoms with Crippen LogP contribution in [0.5, 0.6) is 5.75 Å². The monoisotopic (exact) mass is 378 g/mol. The molecule has 0 saturated carbocycles. The second kappa shape index (κ2) is 6.89. The van der Waals surface area contributed by atoms with E-state index in [1.165, 1.54) is 0 Å². The first-order chi connectivity index (χ1) is 13.1. The molecule has 1 heterocycles. The average Bonchev–Trinajstić information content (AvgIpc) is 2.68. The Morgan fingerprint density at radius 1 is 0.926 bits per heavy atom. The van der Waals surface area contributed by atoms with Gasteiger partial charge in [0.25, 0.3) is 10.0 Å². The summed E-state index contributed by atoms with van der Waals surface area (Å²) in [5, 5.41) is 2.25. The molecule has 27 heavy (non-hydrogen) atoms. The zero-order chi connectivity index (χ0) is 18.9. The zero-order valence-corrected chi connectivity index (χ0v) is 15.5. The van der Waals surface area contributed by atoms with Gasteiger partial charge in [0.15, 0.2) is 0 Å². The van der Waals surface area contributed by atoms with Crippen LogP contribution in [0, 0.1) is 0 Å². The number of fused-ring (bicyclic) bond motifs is 2. The van der Waals surface area contributed by atoms with E-state index >= 15 is 0 Å². The lowest BCUT2D eigenvalue weighted by atomic mass is 10.1. The van der Waals surface area contributed by atoms with Crippen LogP contribution in [0.2, 0.25) is 0 Å². The van der Waals surface area contributed by atoms with Gasteiger partial charge >= 0.3 is 0 Å². The maximum atomic E-state index is 13.1. The number of nitrogens with one attached hydrogen (secondary N) is 1. The fourth-order valence-corrected chi connectivity index (χ4v) is 4.42. The highest BCUT2D eigenvalue weighted by Gasteiger charge is 2.20. The molecule has 0 spiro atoms. The molecule has 1 aromatic heterocycles. The van der Waals surface area contributed by atoms with Gasteiger partial charge in [0.2, 0.25) is 0 Å². The van der Waals surface area contributed by atoms with Crippen molar-refractivity contribution in [3.8, 4) is 5.75 Å². The standard InChI is InChI=1S/C21H18N2O3S/c1-2-26-19-12-13-20(17-10-4-3-9-16(17)19)27(24,25)23-18-11-5-7-15-8-6-14-22-21(15)18/h3-14,23H,2H2,1H3. The normalized spacial score (nSPS) is 11.6. The molecule has 0 saturated heterocycles. The van der Waals surface area contributed by atoms with Gasteiger partial charge in [0.05, 0.1) is 22.7 Å². The molecule has 0 unspecified atom stereocenters. The third kappa shape index (κ3) is 3.19. The number of rotatable bonds is 5. The summed E-state index contributed by atoms with van der Waals surface area (Å²) in [6.07, 6.45) is 1.65. The van der Waals surface area contributed by atoms with Gasteiger partial charge in [-0.2, -0.15) is 0 Å². The average molecular weight is 378 g/mol. The third-order valence-electron chi connectivity index (χ3n) is 4.31. The first-order valence-corrected chi connectivity index (χ1v) is 10.1. The van der Waals surface area contributed by atoms with Crippen molar-refractivity contribution in [1.29, 1.82) is 0 Å². The predicted molar refractivity (Wildman–Crippen MR) is 108 cm³/mol. The molecule has 0 aliphatic carbocycles. The van der Waals surface area contributed by atoms with E-state index in [1.807, 2.05) is 43.3 Å². The van der Waals surface area contributed by atoms with Crippen LogP contribution in [-0.4, -0.2) is 20.0 Å². The Labute approximate surface area is 157 Å². The van der Waals surface area contributed by atoms with Crippen molar-refractivity contribution in [2.45, 2.75) is 11.8 Å². The first-order valence-electron chi connectivity index (χ1n) is 8.61. The summed E-state index contributed by atoms with van der Waals surface area (Å²) < 4.78 is 34.6. The number of ether oxygens (including phenoxy) is 1. The predicted octanol–water partition coefficient (Wildman–Crippen LogP) is 4.59. The van der Waals surface area contributed by atoms with Gasteiger partial charge in [-0.3, -0.25) is 9.71 Å². The Hall–Kier alpha value is -3.12. The highest BCUT2D eigenvalue weighted by molar-refractivity contribution is 7.93. The number of para-hydroxylation sites is 1. The minimum atomic E-state index is -3.81. The Kier molecular flexibility index (Phi) is 4.41. The molecule has 4 aromatic rings. The van der Waals surface area contributed by atoms with E-state index in [-0.39, 0.29) is 4.90 Å². The minimum absolute atomic E-state index is 0.203. The molecule has 0 fully saturated rings. The van der Waals surface area contributed by atoms with Crippen molar-refractivity contribution in [1.82, 2.24) is 4.98 Å². The molecule has 1 N–H and O–H groups in total. The van der Waals surface area contributed by atoms with E-state index in [4.69, 9.17) is 4.74 Å². The molecule has 0 aliphatic rings. The molecule has 0 aliphatic heterocycles. The molecule has 0 atom stereocenters. The molecule has 136 valence electrons. The van der Waals surface area contributed by atoms with Crippen LogP contribution in [0.15, 0.2) is 77.8 Å². The van der Waals surface area contributed by atoms with Crippen LogP contribution in [0.3, 0.4) is 0 Å². The van der Waals surface area contributed by atoms with E-state index < -0.39 is 10.0 Å². The minimum Gasteiger partial charge on any atom is -0.493 e. The van der Waals surface area contributed by atoms with Crippen molar-refractivity contribution in [2.24, 2.45) is 0 Å². The molecular formula is C21H18N2O3S. The molecule has 0 bridgehead atoms. The number of pyridine rings is 1. The van der Waals surface area contributed by atoms with Crippen molar-refractivity contribution >= 4 is 37.4 Å². The summed E-state index contributed by atoms with van der Waals surface area (Å²) in [7, 11) is -3.81. The lowest BCUT2D eigenvalue weighted by molar-refractivity contribution is 0.344. The van der Waals surface area contributed by atoms with Gasteiger partial charge in [-0.1, -0.05) is 42.5 Å². The maximum absolute atomic E-state index is 13.1. The largest absolute Gasteiger partial charge is 0.493 e. The van der Waals surface area contributed by atoms with Gasteiger partial charge in [-0.15, -0.1) is 0 Å². The molecule has 3 aromatic carbocycles. The summed E-state index contributed by atoms with van der Waals surface area (Å²) in [4.78, 5) is 4.52. The summed E-state index contributed by atoms with van der Waals surface area (Å²) >= 11 is 0. The van der Waals surface area contributed by atoms with Crippen LogP contribution in [-0.2, 0) is 10.0 Å². The Bertz CT molecular complexity index is 1230. The second-order valence-electron chi connectivity index (χ2n) is 6.03. The second-order valence-corrected chi connectivity index (χ2v) is 7.68. The molecule has 5 nitrogen and oxygen atoms in total. The van der Waals surface area contributed by atoms with Crippen molar-refractivity contribution in [3.63, 3.8) is 0 Å². The Balaban J connectivity index is 1.84. The van der Waals surface area contributed by atoms with E-state index in [0.29, 0.717) is 28.9 Å². The van der Waals surface area contributed by atoms with Crippen LogP contribution in [0.1, 0.15) is 6.92 Å². The number of aromatic nitrogens is 1. The SMILES string of the molecule is CCOc1ccc(S(=O)(=O)Nc2cccc3cccnc23)c2ccccc12. The molecule has 4 rings (SSSR count). The maximum Gasteiger partial charge on any atom is 0.262 e.